The van der Waals surface area contributed by atoms with E-state index < -0.39 is 0 Å². The van der Waals surface area contributed by atoms with E-state index in [4.69, 9.17) is 0 Å². The maximum atomic E-state index is 11.6. The molecule has 0 heterocycles. The molecule has 0 radical (unpaired) electrons. The number of benzene rings is 1. The van der Waals surface area contributed by atoms with Gasteiger partial charge in [0.25, 0.3) is 0 Å². The molecule has 0 aliphatic rings. The summed E-state index contributed by atoms with van der Waals surface area (Å²) in [7, 11) is 3.34. The third-order valence-electron chi connectivity index (χ3n) is 2.34. The molecule has 0 spiro atoms. The molecule has 1 rings (SSSR count). The third kappa shape index (κ3) is 5.34. The number of hydrogen-bond acceptors (Lipinski definition) is 2. The Bertz CT molecular complexity index is 390. The van der Waals surface area contributed by atoms with Gasteiger partial charge in [0.05, 0.1) is 6.42 Å². The van der Waals surface area contributed by atoms with Gasteiger partial charge in [-0.3, -0.25) is 4.79 Å². The summed E-state index contributed by atoms with van der Waals surface area (Å²) in [6.07, 6.45) is 0.364. The van der Waals surface area contributed by atoms with E-state index in [-0.39, 0.29) is 11.9 Å². The molecule has 98 valence electrons. The van der Waals surface area contributed by atoms with Crippen LogP contribution >= 0.6 is 0 Å². The highest BCUT2D eigenvalue weighted by molar-refractivity contribution is 5.78. The first kappa shape index (κ1) is 14.0. The van der Waals surface area contributed by atoms with E-state index in [1.807, 2.05) is 30.3 Å². The lowest BCUT2D eigenvalue weighted by Crippen LogP contribution is -2.39. The average molecular weight is 249 g/mol. The van der Waals surface area contributed by atoms with Gasteiger partial charge in [0.1, 0.15) is 0 Å². The van der Waals surface area contributed by atoms with Crippen LogP contribution in [0.4, 0.5) is 4.79 Å². The van der Waals surface area contributed by atoms with Gasteiger partial charge in [-0.25, -0.2) is 4.79 Å². The Labute approximate surface area is 107 Å². The maximum Gasteiger partial charge on any atom is 0.316 e. The summed E-state index contributed by atoms with van der Waals surface area (Å²) in [5.74, 6) is -0.0414. The van der Waals surface area contributed by atoms with Gasteiger partial charge < -0.3 is 15.5 Å². The Balaban J connectivity index is 2.16. The van der Waals surface area contributed by atoms with Crippen molar-refractivity contribution in [3.8, 4) is 0 Å². The van der Waals surface area contributed by atoms with Gasteiger partial charge in [0.2, 0.25) is 5.91 Å². The second-order valence-corrected chi connectivity index (χ2v) is 4.14. The third-order valence-corrected chi connectivity index (χ3v) is 2.34. The van der Waals surface area contributed by atoms with Crippen molar-refractivity contribution >= 4 is 11.9 Å². The smallest absolute Gasteiger partial charge is 0.316 e. The largest absolute Gasteiger partial charge is 0.354 e. The SMILES string of the molecule is CN(C)C(=O)NCCNC(=O)Cc1ccccc1. The van der Waals surface area contributed by atoms with Crippen molar-refractivity contribution in [3.63, 3.8) is 0 Å². The monoisotopic (exact) mass is 249 g/mol. The van der Waals surface area contributed by atoms with Crippen LogP contribution in [0.2, 0.25) is 0 Å². The van der Waals surface area contributed by atoms with Crippen molar-refractivity contribution in [1.29, 1.82) is 0 Å². The molecule has 0 unspecified atom stereocenters. The normalized spacial score (nSPS) is 9.67. The van der Waals surface area contributed by atoms with Crippen LogP contribution in [-0.2, 0) is 11.2 Å². The second kappa shape index (κ2) is 7.32. The van der Waals surface area contributed by atoms with E-state index in [1.165, 1.54) is 4.90 Å². The average Bonchev–Trinajstić information content (AvgIpc) is 2.35. The van der Waals surface area contributed by atoms with Gasteiger partial charge in [0, 0.05) is 27.2 Å². The van der Waals surface area contributed by atoms with Crippen LogP contribution in [0.1, 0.15) is 5.56 Å². The Morgan fingerprint density at radius 3 is 2.28 bits per heavy atom. The van der Waals surface area contributed by atoms with Crippen molar-refractivity contribution in [2.75, 3.05) is 27.2 Å². The van der Waals surface area contributed by atoms with Crippen molar-refractivity contribution in [2.45, 2.75) is 6.42 Å². The number of carbonyl (C=O) groups is 2. The summed E-state index contributed by atoms with van der Waals surface area (Å²) < 4.78 is 0. The minimum absolute atomic E-state index is 0.0414. The fraction of sp³-hybridized carbons (Fsp3) is 0.385. The number of hydrogen-bond donors (Lipinski definition) is 2. The molecule has 3 amide bonds. The van der Waals surface area contributed by atoms with Gasteiger partial charge in [0.15, 0.2) is 0 Å². The molecule has 2 N–H and O–H groups in total. The van der Waals surface area contributed by atoms with Gasteiger partial charge in [-0.2, -0.15) is 0 Å². The lowest BCUT2D eigenvalue weighted by Gasteiger charge is -2.12. The predicted octanol–water partition coefficient (Wildman–Crippen LogP) is 0.617. The maximum absolute atomic E-state index is 11.6. The van der Waals surface area contributed by atoms with Crippen molar-refractivity contribution in [2.24, 2.45) is 0 Å². The molecule has 0 aliphatic carbocycles. The highest BCUT2D eigenvalue weighted by Crippen LogP contribution is 1.98. The summed E-state index contributed by atoms with van der Waals surface area (Å²) in [5, 5.41) is 5.43. The molecule has 0 fully saturated rings. The lowest BCUT2D eigenvalue weighted by molar-refractivity contribution is -0.120. The Morgan fingerprint density at radius 2 is 1.67 bits per heavy atom. The number of carbonyl (C=O) groups excluding carboxylic acids is 2. The number of amides is 3. The molecule has 5 nitrogen and oxygen atoms in total. The van der Waals surface area contributed by atoms with Gasteiger partial charge in [-0.05, 0) is 5.56 Å². The Hall–Kier alpha value is -2.04. The summed E-state index contributed by atoms with van der Waals surface area (Å²) in [6.45, 7) is 0.864. The fourth-order valence-electron chi connectivity index (χ4n) is 1.37. The van der Waals surface area contributed by atoms with Gasteiger partial charge in [-0.15, -0.1) is 0 Å². The highest BCUT2D eigenvalue weighted by Gasteiger charge is 2.03. The van der Waals surface area contributed by atoms with E-state index >= 15 is 0 Å². The zero-order valence-electron chi connectivity index (χ0n) is 10.8. The van der Waals surface area contributed by atoms with E-state index in [2.05, 4.69) is 10.6 Å². The predicted molar refractivity (Wildman–Crippen MR) is 70.2 cm³/mol. The van der Waals surface area contributed by atoms with Crippen LogP contribution < -0.4 is 10.6 Å². The van der Waals surface area contributed by atoms with Crippen LogP contribution in [0.3, 0.4) is 0 Å². The molecule has 0 saturated heterocycles. The molecule has 1 aromatic rings. The number of rotatable bonds is 5. The van der Waals surface area contributed by atoms with Gasteiger partial charge in [-0.1, -0.05) is 30.3 Å². The summed E-state index contributed by atoms with van der Waals surface area (Å²) >= 11 is 0. The summed E-state index contributed by atoms with van der Waals surface area (Å²) in [6, 6.07) is 9.38. The topological polar surface area (TPSA) is 61.4 Å². The minimum atomic E-state index is -0.160. The summed E-state index contributed by atoms with van der Waals surface area (Å²) in [4.78, 5) is 24.2. The first-order valence-electron chi connectivity index (χ1n) is 5.85. The quantitative estimate of drug-likeness (QED) is 0.751. The second-order valence-electron chi connectivity index (χ2n) is 4.14. The Kier molecular flexibility index (Phi) is 5.70. The summed E-state index contributed by atoms with van der Waals surface area (Å²) in [5.41, 5.74) is 0.979. The molecule has 0 aliphatic heterocycles. The molecule has 0 atom stereocenters. The molecule has 1 aromatic carbocycles. The molecule has 18 heavy (non-hydrogen) atoms. The van der Waals surface area contributed by atoms with Crippen molar-refractivity contribution in [3.05, 3.63) is 35.9 Å². The van der Waals surface area contributed by atoms with Gasteiger partial charge >= 0.3 is 6.03 Å². The van der Waals surface area contributed by atoms with Crippen molar-refractivity contribution in [1.82, 2.24) is 15.5 Å². The fourth-order valence-corrected chi connectivity index (χ4v) is 1.37. The minimum Gasteiger partial charge on any atom is -0.354 e. The van der Waals surface area contributed by atoms with Crippen LogP contribution in [0.15, 0.2) is 30.3 Å². The molecule has 0 saturated carbocycles. The van der Waals surface area contributed by atoms with Crippen LogP contribution in [0.25, 0.3) is 0 Å². The van der Waals surface area contributed by atoms with E-state index in [0.717, 1.165) is 5.56 Å². The number of urea groups is 1. The zero-order valence-corrected chi connectivity index (χ0v) is 10.8. The molecular weight excluding hydrogens is 230 g/mol. The van der Waals surface area contributed by atoms with E-state index in [0.29, 0.717) is 19.5 Å². The Morgan fingerprint density at radius 1 is 1.06 bits per heavy atom. The van der Waals surface area contributed by atoms with Crippen molar-refractivity contribution < 1.29 is 9.59 Å². The molecule has 5 heteroatoms. The zero-order chi connectivity index (χ0) is 13.4. The molecule has 0 bridgehead atoms. The number of nitrogens with zero attached hydrogens (tertiary/aromatic N) is 1. The van der Waals surface area contributed by atoms with E-state index in [9.17, 15) is 9.59 Å². The first-order valence-corrected chi connectivity index (χ1v) is 5.85. The van der Waals surface area contributed by atoms with Crippen LogP contribution in [-0.4, -0.2) is 44.0 Å². The molecule has 0 aromatic heterocycles. The van der Waals surface area contributed by atoms with Crippen LogP contribution in [0.5, 0.6) is 0 Å². The molecular formula is C13H19N3O2. The number of nitrogens with one attached hydrogen (secondary N) is 2. The van der Waals surface area contributed by atoms with Crippen LogP contribution in [0, 0.1) is 0 Å². The standard InChI is InChI=1S/C13H19N3O2/c1-16(2)13(18)15-9-8-14-12(17)10-11-6-4-3-5-7-11/h3-7H,8-10H2,1-2H3,(H,14,17)(H,15,18). The highest BCUT2D eigenvalue weighted by atomic mass is 16.2. The lowest BCUT2D eigenvalue weighted by atomic mass is 10.1. The first-order chi connectivity index (χ1) is 8.59. The van der Waals surface area contributed by atoms with E-state index in [1.54, 1.807) is 14.1 Å².